The first-order chi connectivity index (χ1) is 8.08. The Kier molecular flexibility index (Phi) is 4.95. The Labute approximate surface area is 116 Å². The lowest BCUT2D eigenvalue weighted by Gasteiger charge is -2.40. The van der Waals surface area contributed by atoms with Crippen molar-refractivity contribution in [1.29, 1.82) is 0 Å². The highest BCUT2D eigenvalue weighted by Gasteiger charge is 2.42. The molecular weight excluding hydrogens is 216 g/mol. The highest BCUT2D eigenvalue weighted by atomic mass is 14.5. The van der Waals surface area contributed by atoms with Crippen molar-refractivity contribution in [2.45, 2.75) is 81.1 Å². The third-order valence-corrected chi connectivity index (χ3v) is 5.42. The van der Waals surface area contributed by atoms with Crippen LogP contribution in [-0.2, 0) is 0 Å². The summed E-state index contributed by atoms with van der Waals surface area (Å²) in [7, 11) is 0. The zero-order valence-corrected chi connectivity index (χ0v) is 14.1. The van der Waals surface area contributed by atoms with Crippen LogP contribution in [0.25, 0.3) is 0 Å². The third kappa shape index (κ3) is 3.75. The third-order valence-electron chi connectivity index (χ3n) is 5.42. The summed E-state index contributed by atoms with van der Waals surface area (Å²) < 4.78 is 0. The van der Waals surface area contributed by atoms with E-state index in [2.05, 4.69) is 55.4 Å². The second-order valence-corrected chi connectivity index (χ2v) is 8.83. The van der Waals surface area contributed by atoms with Crippen LogP contribution in [0, 0.1) is 34.5 Å². The van der Waals surface area contributed by atoms with Gasteiger partial charge in [0.05, 0.1) is 0 Å². The minimum atomic E-state index is 0.451. The minimum Gasteiger partial charge on any atom is -0.0654 e. The summed E-state index contributed by atoms with van der Waals surface area (Å²) in [6.45, 7) is 19.7. The maximum Gasteiger partial charge on any atom is -0.0332 e. The quantitative estimate of drug-likeness (QED) is 0.516. The topological polar surface area (TPSA) is 0 Å². The van der Waals surface area contributed by atoms with Gasteiger partial charge in [-0.3, -0.25) is 0 Å². The predicted molar refractivity (Wildman–Crippen MR) is 82.7 cm³/mol. The van der Waals surface area contributed by atoms with E-state index in [9.17, 15) is 0 Å². The van der Waals surface area contributed by atoms with Crippen LogP contribution in [-0.4, -0.2) is 0 Å². The number of rotatable bonds is 2. The van der Waals surface area contributed by atoms with E-state index in [0.717, 1.165) is 23.7 Å². The summed E-state index contributed by atoms with van der Waals surface area (Å²) in [4.78, 5) is 0. The molecule has 1 rings (SSSR count). The lowest BCUT2D eigenvalue weighted by Crippen LogP contribution is -2.32. The molecular formula is C18H36. The average molecular weight is 252 g/mol. The highest BCUT2D eigenvalue weighted by molar-refractivity contribution is 4.92. The minimum absolute atomic E-state index is 0.451. The molecule has 1 aliphatic rings. The van der Waals surface area contributed by atoms with Gasteiger partial charge in [0, 0.05) is 0 Å². The molecule has 0 aromatic rings. The van der Waals surface area contributed by atoms with E-state index in [4.69, 9.17) is 0 Å². The van der Waals surface area contributed by atoms with Crippen molar-refractivity contribution in [2.75, 3.05) is 0 Å². The van der Waals surface area contributed by atoms with Gasteiger partial charge in [-0.1, -0.05) is 68.2 Å². The molecule has 1 fully saturated rings. The number of hydrogen-bond acceptors (Lipinski definition) is 0. The second-order valence-electron chi connectivity index (χ2n) is 8.83. The van der Waals surface area contributed by atoms with Crippen LogP contribution in [0.4, 0.5) is 0 Å². The van der Waals surface area contributed by atoms with Gasteiger partial charge in [-0.15, -0.1) is 0 Å². The van der Waals surface area contributed by atoms with Crippen LogP contribution in [0.15, 0.2) is 0 Å². The molecule has 4 atom stereocenters. The van der Waals surface area contributed by atoms with Gasteiger partial charge >= 0.3 is 0 Å². The molecule has 0 heterocycles. The molecule has 18 heavy (non-hydrogen) atoms. The van der Waals surface area contributed by atoms with Crippen molar-refractivity contribution in [3.8, 4) is 0 Å². The molecule has 0 aliphatic heterocycles. The van der Waals surface area contributed by atoms with Gasteiger partial charge in [0.2, 0.25) is 0 Å². The fourth-order valence-electron chi connectivity index (χ4n) is 4.68. The van der Waals surface area contributed by atoms with Crippen LogP contribution in [0.1, 0.15) is 81.1 Å². The van der Waals surface area contributed by atoms with Gasteiger partial charge in [-0.25, -0.2) is 0 Å². The maximum absolute atomic E-state index is 2.54. The molecule has 0 nitrogen and oxygen atoms in total. The van der Waals surface area contributed by atoms with Crippen molar-refractivity contribution in [3.05, 3.63) is 0 Å². The van der Waals surface area contributed by atoms with E-state index in [1.807, 2.05) is 0 Å². The average Bonchev–Trinajstić information content (AvgIpc) is 2.26. The van der Waals surface area contributed by atoms with Crippen molar-refractivity contribution >= 4 is 0 Å². The molecule has 0 saturated heterocycles. The highest BCUT2D eigenvalue weighted by Crippen LogP contribution is 2.51. The Morgan fingerprint density at radius 1 is 1.06 bits per heavy atom. The van der Waals surface area contributed by atoms with Crippen LogP contribution in [0.3, 0.4) is 0 Å². The summed E-state index contributed by atoms with van der Waals surface area (Å²) in [5.41, 5.74) is 0.973. The van der Waals surface area contributed by atoms with Gasteiger partial charge in [0.15, 0.2) is 0 Å². The SMILES string of the molecule is CCCC1C(C)CC(C)(C)CC(C(C)(C)C)C1C. The van der Waals surface area contributed by atoms with Crippen molar-refractivity contribution < 1.29 is 0 Å². The molecule has 0 spiro atoms. The molecule has 0 aromatic carbocycles. The standard InChI is InChI=1S/C18H36/c1-9-10-15-13(2)11-18(7,8)12-16(14(15)3)17(4,5)6/h13-16H,9-12H2,1-8H3. The zero-order chi connectivity index (χ0) is 14.1. The molecule has 4 unspecified atom stereocenters. The summed E-state index contributed by atoms with van der Waals surface area (Å²) in [5, 5.41) is 0. The van der Waals surface area contributed by atoms with Gasteiger partial charge in [0.1, 0.15) is 0 Å². The molecule has 0 aromatic heterocycles. The van der Waals surface area contributed by atoms with E-state index < -0.39 is 0 Å². The lowest BCUT2D eigenvalue weighted by molar-refractivity contribution is 0.0913. The van der Waals surface area contributed by atoms with Crippen LogP contribution in [0.5, 0.6) is 0 Å². The normalized spacial score (nSPS) is 37.3. The first-order valence-corrected chi connectivity index (χ1v) is 8.08. The Balaban J connectivity index is 3.03. The van der Waals surface area contributed by atoms with E-state index in [1.165, 1.54) is 25.7 Å². The summed E-state index contributed by atoms with van der Waals surface area (Å²) in [6.07, 6.45) is 5.58. The van der Waals surface area contributed by atoms with E-state index >= 15 is 0 Å². The van der Waals surface area contributed by atoms with Crippen molar-refractivity contribution in [3.63, 3.8) is 0 Å². The lowest BCUT2D eigenvalue weighted by atomic mass is 9.65. The fourth-order valence-corrected chi connectivity index (χ4v) is 4.68. The Hall–Kier alpha value is 0. The summed E-state index contributed by atoms with van der Waals surface area (Å²) in [6, 6.07) is 0. The second kappa shape index (κ2) is 5.55. The maximum atomic E-state index is 2.54. The fraction of sp³-hybridized carbons (Fsp3) is 1.00. The van der Waals surface area contributed by atoms with E-state index in [1.54, 1.807) is 0 Å². The van der Waals surface area contributed by atoms with Crippen LogP contribution in [0.2, 0.25) is 0 Å². The van der Waals surface area contributed by atoms with E-state index in [0.29, 0.717) is 10.8 Å². The monoisotopic (exact) mass is 252 g/mol. The smallest absolute Gasteiger partial charge is 0.0332 e. The molecule has 0 heteroatoms. The van der Waals surface area contributed by atoms with Crippen molar-refractivity contribution in [2.24, 2.45) is 34.5 Å². The van der Waals surface area contributed by atoms with Gasteiger partial charge in [-0.05, 0) is 47.3 Å². The molecule has 0 bridgehead atoms. The summed E-state index contributed by atoms with van der Waals surface area (Å²) >= 11 is 0. The Morgan fingerprint density at radius 3 is 2.06 bits per heavy atom. The zero-order valence-electron chi connectivity index (χ0n) is 14.1. The van der Waals surface area contributed by atoms with Crippen LogP contribution >= 0.6 is 0 Å². The predicted octanol–water partition coefficient (Wildman–Crippen LogP) is 6.16. The molecule has 1 aliphatic carbocycles. The Morgan fingerprint density at radius 2 is 1.61 bits per heavy atom. The Bertz CT molecular complexity index is 256. The molecule has 0 radical (unpaired) electrons. The first-order valence-electron chi connectivity index (χ1n) is 8.08. The molecule has 0 amide bonds. The molecule has 108 valence electrons. The largest absolute Gasteiger partial charge is 0.0654 e. The van der Waals surface area contributed by atoms with Crippen LogP contribution < -0.4 is 0 Å². The first kappa shape index (κ1) is 16.1. The molecule has 1 saturated carbocycles. The van der Waals surface area contributed by atoms with Gasteiger partial charge in [0.25, 0.3) is 0 Å². The van der Waals surface area contributed by atoms with E-state index in [-0.39, 0.29) is 0 Å². The van der Waals surface area contributed by atoms with Gasteiger partial charge < -0.3 is 0 Å². The van der Waals surface area contributed by atoms with Crippen molar-refractivity contribution in [1.82, 2.24) is 0 Å². The number of hydrogen-bond donors (Lipinski definition) is 0. The summed E-state index contributed by atoms with van der Waals surface area (Å²) in [5.74, 6) is 3.57. The van der Waals surface area contributed by atoms with Gasteiger partial charge in [-0.2, -0.15) is 0 Å². The molecule has 0 N–H and O–H groups in total.